The second-order valence-electron chi connectivity index (χ2n) is 12.4. The van der Waals surface area contributed by atoms with Crippen LogP contribution in [-0.4, -0.2) is 19.3 Å². The van der Waals surface area contributed by atoms with Gasteiger partial charge in [-0.3, -0.25) is 4.57 Å². The minimum atomic E-state index is 0.413. The van der Waals surface area contributed by atoms with Gasteiger partial charge in [0.2, 0.25) is 0 Å². The van der Waals surface area contributed by atoms with Crippen molar-refractivity contribution in [2.45, 2.75) is 59.3 Å². The Morgan fingerprint density at radius 3 is 2.24 bits per heavy atom. The first kappa shape index (κ1) is 29.5. The van der Waals surface area contributed by atoms with E-state index in [2.05, 4.69) is 123 Å². The molecule has 46 heavy (non-hydrogen) atoms. The van der Waals surface area contributed by atoms with Crippen molar-refractivity contribution >= 4 is 21.8 Å². The van der Waals surface area contributed by atoms with Crippen molar-refractivity contribution in [1.29, 1.82) is 0 Å². The molecule has 0 spiro atoms. The van der Waals surface area contributed by atoms with E-state index in [1.54, 1.807) is 0 Å². The molecule has 7 rings (SSSR count). The number of fused-ring (bicyclic) bond motifs is 3. The highest BCUT2D eigenvalue weighted by Crippen LogP contribution is 2.36. The average Bonchev–Trinajstić information content (AvgIpc) is 3.69. The van der Waals surface area contributed by atoms with E-state index < -0.39 is 0 Å². The summed E-state index contributed by atoms with van der Waals surface area (Å²) in [6.07, 6.45) is 10.4. The molecule has 0 fully saturated rings. The molecule has 0 aliphatic rings. The number of hydrogen-bond donors (Lipinski definition) is 0. The van der Waals surface area contributed by atoms with Crippen LogP contribution < -0.4 is 4.74 Å². The summed E-state index contributed by atoms with van der Waals surface area (Å²) < 4.78 is 10.7. The van der Waals surface area contributed by atoms with Crippen molar-refractivity contribution in [1.82, 2.24) is 19.3 Å². The van der Waals surface area contributed by atoms with Gasteiger partial charge in [-0.1, -0.05) is 83.0 Å². The van der Waals surface area contributed by atoms with Crippen LogP contribution in [0.25, 0.3) is 44.4 Å². The summed E-state index contributed by atoms with van der Waals surface area (Å²) in [5.74, 6) is 2.85. The topological polar surface area (TPSA) is 44.9 Å². The fourth-order valence-corrected chi connectivity index (χ4v) is 6.57. The number of aryl methyl sites for hydroxylation is 2. The van der Waals surface area contributed by atoms with E-state index in [1.165, 1.54) is 33.0 Å². The van der Waals surface area contributed by atoms with Crippen LogP contribution in [0.3, 0.4) is 0 Å². The van der Waals surface area contributed by atoms with Crippen LogP contribution in [0.15, 0.2) is 116 Å². The highest BCUT2D eigenvalue weighted by Gasteiger charge is 2.16. The van der Waals surface area contributed by atoms with E-state index in [0.29, 0.717) is 5.92 Å². The minimum Gasteiger partial charge on any atom is -0.457 e. The summed E-state index contributed by atoms with van der Waals surface area (Å²) in [4.78, 5) is 4.79. The lowest BCUT2D eigenvalue weighted by Crippen LogP contribution is -1.99. The van der Waals surface area contributed by atoms with Crippen LogP contribution in [0.4, 0.5) is 0 Å². The van der Waals surface area contributed by atoms with Gasteiger partial charge in [0, 0.05) is 40.9 Å². The number of ether oxygens (including phenoxy) is 1. The molecule has 0 amide bonds. The van der Waals surface area contributed by atoms with Crippen LogP contribution in [-0.2, 0) is 12.8 Å². The molecule has 0 radical (unpaired) electrons. The second kappa shape index (κ2) is 12.7. The van der Waals surface area contributed by atoms with E-state index in [9.17, 15) is 0 Å². The van der Waals surface area contributed by atoms with Gasteiger partial charge < -0.3 is 4.74 Å². The van der Waals surface area contributed by atoms with Crippen molar-refractivity contribution in [3.63, 3.8) is 0 Å². The molecule has 3 aromatic heterocycles. The molecule has 5 nitrogen and oxygen atoms in total. The van der Waals surface area contributed by atoms with Gasteiger partial charge in [-0.05, 0) is 83.5 Å². The zero-order valence-electron chi connectivity index (χ0n) is 27.1. The molecule has 0 saturated carbocycles. The predicted molar refractivity (Wildman–Crippen MR) is 190 cm³/mol. The first-order chi connectivity index (χ1) is 22.5. The van der Waals surface area contributed by atoms with Crippen molar-refractivity contribution in [3.8, 4) is 34.1 Å². The maximum absolute atomic E-state index is 6.52. The summed E-state index contributed by atoms with van der Waals surface area (Å²) in [5.41, 5.74) is 9.69. The van der Waals surface area contributed by atoms with Gasteiger partial charge in [0.15, 0.2) is 0 Å². The van der Waals surface area contributed by atoms with Crippen molar-refractivity contribution in [2.24, 2.45) is 0 Å². The number of benzene rings is 4. The molecule has 230 valence electrons. The first-order valence-corrected chi connectivity index (χ1v) is 16.5. The Morgan fingerprint density at radius 2 is 1.46 bits per heavy atom. The molecular weight excluding hydrogens is 564 g/mol. The molecule has 4 aromatic carbocycles. The molecule has 0 saturated heterocycles. The van der Waals surface area contributed by atoms with Gasteiger partial charge in [0.05, 0.1) is 22.9 Å². The Balaban J connectivity index is 1.24. The Hall–Kier alpha value is -5.16. The van der Waals surface area contributed by atoms with Crippen LogP contribution >= 0.6 is 0 Å². The molecule has 7 aromatic rings. The van der Waals surface area contributed by atoms with Gasteiger partial charge in [-0.25, -0.2) is 9.67 Å². The molecule has 0 bridgehead atoms. The van der Waals surface area contributed by atoms with E-state index in [-0.39, 0.29) is 0 Å². The Labute approximate surface area is 271 Å². The summed E-state index contributed by atoms with van der Waals surface area (Å²) >= 11 is 0. The maximum atomic E-state index is 6.52. The number of rotatable bonds is 10. The Morgan fingerprint density at radius 1 is 0.717 bits per heavy atom. The standard InChI is InChI=1S/C41H40N4O/c1-5-11-29-13-9-14-30(12-6-2)41(29)32-26-43-44(27-32)33-15-10-16-34(24-33)46-35-19-20-37-36-17-7-8-18-38(36)45(39(37)25-35)40-23-31(28(3)4)21-22-42-40/h7-10,13-28H,5-6,11-12H2,1-4H3. The molecule has 0 aliphatic heterocycles. The Kier molecular flexibility index (Phi) is 8.15. The second-order valence-corrected chi connectivity index (χ2v) is 12.4. The number of nitrogens with zero attached hydrogens (tertiary/aromatic N) is 4. The largest absolute Gasteiger partial charge is 0.457 e. The highest BCUT2D eigenvalue weighted by molar-refractivity contribution is 6.09. The van der Waals surface area contributed by atoms with E-state index in [4.69, 9.17) is 14.8 Å². The van der Waals surface area contributed by atoms with E-state index >= 15 is 0 Å². The monoisotopic (exact) mass is 604 g/mol. The minimum absolute atomic E-state index is 0.413. The van der Waals surface area contributed by atoms with Gasteiger partial charge in [-0.15, -0.1) is 0 Å². The third-order valence-corrected chi connectivity index (χ3v) is 8.78. The van der Waals surface area contributed by atoms with Gasteiger partial charge in [0.1, 0.15) is 17.3 Å². The quantitative estimate of drug-likeness (QED) is 0.156. The lowest BCUT2D eigenvalue weighted by Gasteiger charge is -2.13. The van der Waals surface area contributed by atoms with Gasteiger partial charge >= 0.3 is 0 Å². The smallest absolute Gasteiger partial charge is 0.137 e. The fourth-order valence-electron chi connectivity index (χ4n) is 6.57. The summed E-state index contributed by atoms with van der Waals surface area (Å²) in [7, 11) is 0. The summed E-state index contributed by atoms with van der Waals surface area (Å²) in [5, 5.41) is 7.16. The maximum Gasteiger partial charge on any atom is 0.137 e. The highest BCUT2D eigenvalue weighted by atomic mass is 16.5. The number of hydrogen-bond acceptors (Lipinski definition) is 3. The Bertz CT molecular complexity index is 2130. The molecule has 5 heteroatoms. The van der Waals surface area contributed by atoms with Crippen LogP contribution in [0.2, 0.25) is 0 Å². The van der Waals surface area contributed by atoms with Crippen LogP contribution in [0.5, 0.6) is 11.5 Å². The van der Waals surface area contributed by atoms with E-state index in [1.807, 2.05) is 29.2 Å². The summed E-state index contributed by atoms with van der Waals surface area (Å²) in [6, 6.07) is 34.0. The molecule has 0 unspecified atom stereocenters. The zero-order chi connectivity index (χ0) is 31.6. The van der Waals surface area contributed by atoms with Gasteiger partial charge in [0.25, 0.3) is 0 Å². The molecule has 0 atom stereocenters. The molecule has 0 aliphatic carbocycles. The van der Waals surface area contributed by atoms with Crippen molar-refractivity contribution < 1.29 is 4.74 Å². The lowest BCUT2D eigenvalue weighted by atomic mass is 9.92. The zero-order valence-corrected chi connectivity index (χ0v) is 27.1. The third-order valence-electron chi connectivity index (χ3n) is 8.78. The third kappa shape index (κ3) is 5.58. The fraction of sp³-hybridized carbons (Fsp3) is 0.220. The van der Waals surface area contributed by atoms with Crippen molar-refractivity contribution in [3.05, 3.63) is 132 Å². The first-order valence-electron chi connectivity index (χ1n) is 16.5. The molecule has 3 heterocycles. The number of para-hydroxylation sites is 1. The molecule has 0 N–H and O–H groups in total. The lowest BCUT2D eigenvalue weighted by molar-refractivity contribution is 0.483. The van der Waals surface area contributed by atoms with Gasteiger partial charge in [-0.2, -0.15) is 5.10 Å². The van der Waals surface area contributed by atoms with Crippen LogP contribution in [0, 0.1) is 0 Å². The molecular formula is C41H40N4O. The SMILES string of the molecule is CCCc1cccc(CCC)c1-c1cnn(-c2cccc(Oc3ccc4c5ccccc5n(-c5cc(C(C)C)ccn5)c4c3)c2)c1. The van der Waals surface area contributed by atoms with E-state index in [0.717, 1.165) is 65.3 Å². The number of pyridine rings is 1. The van der Waals surface area contributed by atoms with Crippen LogP contribution in [0.1, 0.15) is 63.1 Å². The average molecular weight is 605 g/mol. The summed E-state index contributed by atoms with van der Waals surface area (Å²) in [6.45, 7) is 8.90. The number of aromatic nitrogens is 4. The van der Waals surface area contributed by atoms with Crippen molar-refractivity contribution in [2.75, 3.05) is 0 Å². The normalized spacial score (nSPS) is 11.6. The predicted octanol–water partition coefficient (Wildman–Crippen LogP) is 10.9.